The van der Waals surface area contributed by atoms with Crippen LogP contribution in [0.4, 0.5) is 5.82 Å². The molecular formula is C14H8Cl4N2O3. The highest BCUT2D eigenvalue weighted by Gasteiger charge is 2.17. The van der Waals surface area contributed by atoms with Crippen LogP contribution in [0, 0.1) is 0 Å². The molecular weight excluding hydrogens is 386 g/mol. The normalized spacial score (nSPS) is 10.3. The molecule has 0 aliphatic rings. The van der Waals surface area contributed by atoms with Crippen molar-refractivity contribution in [2.75, 3.05) is 11.9 Å². The monoisotopic (exact) mass is 392 g/mol. The van der Waals surface area contributed by atoms with Gasteiger partial charge in [-0.25, -0.2) is 9.78 Å². The predicted octanol–water partition coefficient (Wildman–Crippen LogP) is 4.49. The van der Waals surface area contributed by atoms with Gasteiger partial charge in [-0.2, -0.15) is 0 Å². The second-order valence-electron chi connectivity index (χ2n) is 4.20. The van der Waals surface area contributed by atoms with Crippen molar-refractivity contribution in [3.8, 4) is 0 Å². The Balaban J connectivity index is 1.98. The van der Waals surface area contributed by atoms with Gasteiger partial charge in [-0.3, -0.25) is 4.79 Å². The minimum absolute atomic E-state index is 0.00807. The topological polar surface area (TPSA) is 68.3 Å². The summed E-state index contributed by atoms with van der Waals surface area (Å²) in [5, 5.41) is 3.13. The van der Waals surface area contributed by atoms with Crippen LogP contribution < -0.4 is 5.32 Å². The Morgan fingerprint density at radius 1 is 1.09 bits per heavy atom. The van der Waals surface area contributed by atoms with Gasteiger partial charge < -0.3 is 10.1 Å². The number of hydrogen-bond donors (Lipinski definition) is 1. The molecule has 9 heteroatoms. The second-order valence-corrected chi connectivity index (χ2v) is 5.86. The fourth-order valence-electron chi connectivity index (χ4n) is 1.57. The van der Waals surface area contributed by atoms with Crippen molar-refractivity contribution in [3.05, 3.63) is 56.1 Å². The van der Waals surface area contributed by atoms with Gasteiger partial charge in [0.25, 0.3) is 5.91 Å². The quantitative estimate of drug-likeness (QED) is 0.777. The number of rotatable bonds is 4. The van der Waals surface area contributed by atoms with E-state index in [-0.39, 0.29) is 26.4 Å². The standard InChI is InChI=1S/C14H8Cl4N2O3/c15-7-4-10(18)13(19-5-7)20-11(21)6-23-14(22)12-8(16)2-1-3-9(12)17/h1-5H,6H2,(H,19,20,21). The largest absolute Gasteiger partial charge is 0.452 e. The van der Waals surface area contributed by atoms with Gasteiger partial charge in [0.05, 0.1) is 25.7 Å². The van der Waals surface area contributed by atoms with Crippen molar-refractivity contribution in [2.24, 2.45) is 0 Å². The number of benzene rings is 1. The summed E-state index contributed by atoms with van der Waals surface area (Å²) in [6.07, 6.45) is 1.32. The lowest BCUT2D eigenvalue weighted by Gasteiger charge is -2.09. The molecule has 0 atom stereocenters. The van der Waals surface area contributed by atoms with Gasteiger partial charge in [0, 0.05) is 6.20 Å². The number of carbonyl (C=O) groups is 2. The van der Waals surface area contributed by atoms with Crippen LogP contribution in [0.15, 0.2) is 30.5 Å². The maximum Gasteiger partial charge on any atom is 0.341 e. The first-order valence-electron chi connectivity index (χ1n) is 6.10. The van der Waals surface area contributed by atoms with Crippen LogP contribution >= 0.6 is 46.4 Å². The molecule has 1 aromatic carbocycles. The molecule has 0 aliphatic heterocycles. The maximum absolute atomic E-state index is 11.9. The zero-order valence-corrected chi connectivity index (χ0v) is 14.3. The Hall–Kier alpha value is -1.53. The minimum atomic E-state index is -0.814. The van der Waals surface area contributed by atoms with Crippen molar-refractivity contribution in [1.82, 2.24) is 4.98 Å². The Morgan fingerprint density at radius 2 is 1.74 bits per heavy atom. The molecule has 0 saturated heterocycles. The number of nitrogens with one attached hydrogen (secondary N) is 1. The number of esters is 1. The molecule has 0 spiro atoms. The summed E-state index contributed by atoms with van der Waals surface area (Å²) in [6, 6.07) is 5.98. The molecule has 2 rings (SSSR count). The lowest BCUT2D eigenvalue weighted by Crippen LogP contribution is -2.22. The highest BCUT2D eigenvalue weighted by molar-refractivity contribution is 6.39. The molecule has 1 aromatic heterocycles. The Bertz CT molecular complexity index is 747. The number of halogens is 4. The summed E-state index contributed by atoms with van der Waals surface area (Å²) < 4.78 is 4.87. The van der Waals surface area contributed by atoms with Crippen LogP contribution in [0.1, 0.15) is 10.4 Å². The van der Waals surface area contributed by atoms with Gasteiger partial charge >= 0.3 is 5.97 Å². The van der Waals surface area contributed by atoms with Crippen LogP contribution in [-0.4, -0.2) is 23.5 Å². The molecule has 0 unspecified atom stereocenters. The lowest BCUT2D eigenvalue weighted by atomic mass is 10.2. The molecule has 1 heterocycles. The van der Waals surface area contributed by atoms with Crippen molar-refractivity contribution >= 4 is 64.1 Å². The molecule has 1 amide bonds. The van der Waals surface area contributed by atoms with E-state index in [4.69, 9.17) is 51.1 Å². The zero-order chi connectivity index (χ0) is 17.0. The fraction of sp³-hybridized carbons (Fsp3) is 0.0714. The molecule has 0 bridgehead atoms. The number of pyridine rings is 1. The summed E-state index contributed by atoms with van der Waals surface area (Å²) in [6.45, 7) is -0.555. The van der Waals surface area contributed by atoms with E-state index in [2.05, 4.69) is 10.3 Å². The average molecular weight is 394 g/mol. The molecule has 0 aliphatic carbocycles. The first-order valence-corrected chi connectivity index (χ1v) is 7.61. The third-order valence-corrected chi connectivity index (χ3v) is 3.69. The number of amides is 1. The maximum atomic E-state index is 11.9. The number of aromatic nitrogens is 1. The minimum Gasteiger partial charge on any atom is -0.452 e. The summed E-state index contributed by atoms with van der Waals surface area (Å²) >= 11 is 23.3. The van der Waals surface area contributed by atoms with Gasteiger partial charge in [0.15, 0.2) is 12.4 Å². The number of hydrogen-bond acceptors (Lipinski definition) is 4. The Kier molecular flexibility index (Phi) is 6.07. The SMILES string of the molecule is O=C(COC(=O)c1c(Cl)cccc1Cl)Nc1ncc(Cl)cc1Cl. The molecule has 23 heavy (non-hydrogen) atoms. The number of nitrogens with zero attached hydrogens (tertiary/aromatic N) is 1. The molecule has 0 fully saturated rings. The first kappa shape index (κ1) is 17.8. The van der Waals surface area contributed by atoms with Gasteiger partial charge in [-0.15, -0.1) is 0 Å². The summed E-state index contributed by atoms with van der Waals surface area (Å²) in [5.74, 6) is -1.34. The molecule has 0 saturated carbocycles. The third-order valence-electron chi connectivity index (χ3n) is 2.57. The van der Waals surface area contributed by atoms with Gasteiger partial charge in [0.1, 0.15) is 0 Å². The van der Waals surface area contributed by atoms with Crippen molar-refractivity contribution in [2.45, 2.75) is 0 Å². The number of anilines is 1. The fourth-order valence-corrected chi connectivity index (χ4v) is 2.55. The van der Waals surface area contributed by atoms with Gasteiger partial charge in [-0.05, 0) is 18.2 Å². The van der Waals surface area contributed by atoms with E-state index in [1.807, 2.05) is 0 Å². The summed E-state index contributed by atoms with van der Waals surface area (Å²) in [5.41, 5.74) is -0.00807. The van der Waals surface area contributed by atoms with Crippen LogP contribution in [0.25, 0.3) is 0 Å². The van der Waals surface area contributed by atoms with E-state index in [9.17, 15) is 9.59 Å². The molecule has 1 N–H and O–H groups in total. The van der Waals surface area contributed by atoms with Gasteiger partial charge in [0.2, 0.25) is 0 Å². The highest BCUT2D eigenvalue weighted by Crippen LogP contribution is 2.25. The smallest absolute Gasteiger partial charge is 0.341 e. The highest BCUT2D eigenvalue weighted by atomic mass is 35.5. The van der Waals surface area contributed by atoms with Gasteiger partial charge in [-0.1, -0.05) is 52.5 Å². The van der Waals surface area contributed by atoms with Crippen LogP contribution in [-0.2, 0) is 9.53 Å². The molecule has 5 nitrogen and oxygen atoms in total. The van der Waals surface area contributed by atoms with E-state index in [1.54, 1.807) is 6.07 Å². The summed E-state index contributed by atoms with van der Waals surface area (Å²) in [4.78, 5) is 27.5. The van der Waals surface area contributed by atoms with Crippen LogP contribution in [0.3, 0.4) is 0 Å². The molecule has 0 radical (unpaired) electrons. The predicted molar refractivity (Wildman–Crippen MR) is 89.6 cm³/mol. The van der Waals surface area contributed by atoms with Crippen LogP contribution in [0.5, 0.6) is 0 Å². The number of ether oxygens (including phenoxy) is 1. The molecule has 120 valence electrons. The van der Waals surface area contributed by atoms with Crippen molar-refractivity contribution < 1.29 is 14.3 Å². The first-order chi connectivity index (χ1) is 10.9. The number of carbonyl (C=O) groups excluding carboxylic acids is 2. The Morgan fingerprint density at radius 3 is 2.35 bits per heavy atom. The zero-order valence-electron chi connectivity index (χ0n) is 11.3. The van der Waals surface area contributed by atoms with E-state index in [1.165, 1.54) is 24.4 Å². The second kappa shape index (κ2) is 7.84. The van der Waals surface area contributed by atoms with E-state index < -0.39 is 18.5 Å². The van der Waals surface area contributed by atoms with Crippen molar-refractivity contribution in [1.29, 1.82) is 0 Å². The molecule has 2 aromatic rings. The third kappa shape index (κ3) is 4.72. The summed E-state index contributed by atoms with van der Waals surface area (Å²) in [7, 11) is 0. The average Bonchev–Trinajstić information content (AvgIpc) is 2.48. The van der Waals surface area contributed by atoms with E-state index >= 15 is 0 Å². The van der Waals surface area contributed by atoms with E-state index in [0.29, 0.717) is 5.02 Å². The lowest BCUT2D eigenvalue weighted by molar-refractivity contribution is -0.119. The Labute approximate surface area is 151 Å². The van der Waals surface area contributed by atoms with E-state index in [0.717, 1.165) is 0 Å². The van der Waals surface area contributed by atoms with Crippen LogP contribution in [0.2, 0.25) is 20.1 Å². The van der Waals surface area contributed by atoms with Crippen molar-refractivity contribution in [3.63, 3.8) is 0 Å².